The molecule has 0 saturated heterocycles. The molecule has 2 aromatic heterocycles. The Morgan fingerprint density at radius 1 is 1.13 bits per heavy atom. The maximum absolute atomic E-state index is 5.74. The molecule has 2 aromatic rings. The molecule has 0 amide bonds. The molecule has 15 heavy (non-hydrogen) atoms. The normalized spacial score (nSPS) is 11.1. The van der Waals surface area contributed by atoms with Crippen LogP contribution in [0.1, 0.15) is 19.7 Å². The highest BCUT2D eigenvalue weighted by Gasteiger charge is 2.13. The van der Waals surface area contributed by atoms with Crippen molar-refractivity contribution < 1.29 is 0 Å². The number of rotatable bonds is 2. The van der Waals surface area contributed by atoms with E-state index in [0.717, 1.165) is 24.4 Å². The van der Waals surface area contributed by atoms with E-state index in [1.807, 2.05) is 18.4 Å². The third-order valence-corrected chi connectivity index (χ3v) is 2.35. The zero-order chi connectivity index (χ0) is 11.0. The molecule has 4 N–H and O–H groups in total. The first-order valence-electron chi connectivity index (χ1n) is 4.95. The third kappa shape index (κ3) is 1.38. The number of imidazole rings is 1. The van der Waals surface area contributed by atoms with Gasteiger partial charge in [-0.05, 0) is 6.92 Å². The van der Waals surface area contributed by atoms with E-state index in [-0.39, 0.29) is 5.95 Å². The number of aryl methyl sites for hydroxylation is 2. The second-order valence-corrected chi connectivity index (χ2v) is 3.27. The van der Waals surface area contributed by atoms with Crippen molar-refractivity contribution in [1.82, 2.24) is 19.5 Å². The standard InChI is InChI=1S/C9H14N6/c1-3-5-12-6-7(10)13-9(11)14-8(6)15(5)4-2/h3-4H2,1-2H3,(H4,10,11,13,14). The zero-order valence-electron chi connectivity index (χ0n) is 8.86. The van der Waals surface area contributed by atoms with Crippen LogP contribution >= 0.6 is 0 Å². The number of nitrogens with zero attached hydrogens (tertiary/aromatic N) is 4. The summed E-state index contributed by atoms with van der Waals surface area (Å²) in [7, 11) is 0. The van der Waals surface area contributed by atoms with Crippen molar-refractivity contribution >= 4 is 22.9 Å². The SMILES string of the molecule is CCc1nc2c(N)nc(N)nc2n1CC. The van der Waals surface area contributed by atoms with E-state index < -0.39 is 0 Å². The molecule has 2 rings (SSSR count). The average molecular weight is 206 g/mol. The van der Waals surface area contributed by atoms with E-state index in [1.54, 1.807) is 0 Å². The van der Waals surface area contributed by atoms with Crippen LogP contribution < -0.4 is 11.5 Å². The first-order chi connectivity index (χ1) is 7.17. The van der Waals surface area contributed by atoms with Crippen molar-refractivity contribution in [2.45, 2.75) is 26.8 Å². The topological polar surface area (TPSA) is 95.6 Å². The van der Waals surface area contributed by atoms with Crippen molar-refractivity contribution in [1.29, 1.82) is 0 Å². The van der Waals surface area contributed by atoms with Crippen LogP contribution in [0, 0.1) is 0 Å². The van der Waals surface area contributed by atoms with E-state index >= 15 is 0 Å². The Kier molecular flexibility index (Phi) is 2.18. The fourth-order valence-corrected chi connectivity index (χ4v) is 1.69. The van der Waals surface area contributed by atoms with Gasteiger partial charge in [-0.25, -0.2) is 4.98 Å². The molecule has 2 heterocycles. The minimum Gasteiger partial charge on any atom is -0.382 e. The van der Waals surface area contributed by atoms with Crippen LogP contribution in [-0.2, 0) is 13.0 Å². The van der Waals surface area contributed by atoms with E-state index in [2.05, 4.69) is 15.0 Å². The number of aromatic nitrogens is 4. The van der Waals surface area contributed by atoms with Gasteiger partial charge < -0.3 is 16.0 Å². The monoisotopic (exact) mass is 206 g/mol. The maximum atomic E-state index is 5.74. The summed E-state index contributed by atoms with van der Waals surface area (Å²) in [5.41, 5.74) is 12.7. The van der Waals surface area contributed by atoms with Crippen LogP contribution in [0.5, 0.6) is 0 Å². The Morgan fingerprint density at radius 2 is 1.87 bits per heavy atom. The van der Waals surface area contributed by atoms with Crippen LogP contribution in [0.15, 0.2) is 0 Å². The van der Waals surface area contributed by atoms with Gasteiger partial charge in [0, 0.05) is 13.0 Å². The van der Waals surface area contributed by atoms with Crippen molar-refractivity contribution in [3.63, 3.8) is 0 Å². The van der Waals surface area contributed by atoms with Crippen molar-refractivity contribution in [2.75, 3.05) is 11.5 Å². The molecule has 6 nitrogen and oxygen atoms in total. The molecule has 0 unspecified atom stereocenters. The van der Waals surface area contributed by atoms with Gasteiger partial charge in [0.05, 0.1) is 0 Å². The summed E-state index contributed by atoms with van der Waals surface area (Å²) in [5.74, 6) is 1.50. The molecule has 0 saturated carbocycles. The lowest BCUT2D eigenvalue weighted by Crippen LogP contribution is -2.04. The predicted octanol–water partition coefficient (Wildman–Crippen LogP) is 0.573. The molecular formula is C9H14N6. The van der Waals surface area contributed by atoms with Gasteiger partial charge in [0.2, 0.25) is 5.95 Å². The highest BCUT2D eigenvalue weighted by Crippen LogP contribution is 2.19. The fourth-order valence-electron chi connectivity index (χ4n) is 1.69. The van der Waals surface area contributed by atoms with Crippen LogP contribution in [0.25, 0.3) is 11.2 Å². The largest absolute Gasteiger partial charge is 0.382 e. The van der Waals surface area contributed by atoms with Crippen LogP contribution in [-0.4, -0.2) is 19.5 Å². The van der Waals surface area contributed by atoms with Gasteiger partial charge >= 0.3 is 0 Å². The lowest BCUT2D eigenvalue weighted by Gasteiger charge is -2.02. The summed E-state index contributed by atoms with van der Waals surface area (Å²) >= 11 is 0. The number of nitrogen functional groups attached to an aromatic ring is 2. The molecule has 0 aliphatic carbocycles. The zero-order valence-corrected chi connectivity index (χ0v) is 8.86. The lowest BCUT2D eigenvalue weighted by molar-refractivity contribution is 0.719. The van der Waals surface area contributed by atoms with Crippen molar-refractivity contribution in [3.05, 3.63) is 5.82 Å². The second kappa shape index (κ2) is 3.38. The molecule has 0 fully saturated rings. The van der Waals surface area contributed by atoms with Crippen LogP contribution in [0.2, 0.25) is 0 Å². The third-order valence-electron chi connectivity index (χ3n) is 2.35. The van der Waals surface area contributed by atoms with E-state index in [0.29, 0.717) is 11.3 Å². The summed E-state index contributed by atoms with van der Waals surface area (Å²) in [6.07, 6.45) is 0.837. The van der Waals surface area contributed by atoms with E-state index in [1.165, 1.54) is 0 Å². The van der Waals surface area contributed by atoms with Crippen molar-refractivity contribution in [3.8, 4) is 0 Å². The summed E-state index contributed by atoms with van der Waals surface area (Å²) in [6, 6.07) is 0. The van der Waals surface area contributed by atoms with Gasteiger partial charge in [-0.3, -0.25) is 0 Å². The van der Waals surface area contributed by atoms with Gasteiger partial charge in [-0.1, -0.05) is 6.92 Å². The first-order valence-corrected chi connectivity index (χ1v) is 4.95. The number of hydrogen-bond acceptors (Lipinski definition) is 5. The lowest BCUT2D eigenvalue weighted by atomic mass is 10.4. The quantitative estimate of drug-likeness (QED) is 0.749. The molecule has 0 aliphatic rings. The maximum Gasteiger partial charge on any atom is 0.224 e. The summed E-state index contributed by atoms with van der Waals surface area (Å²) < 4.78 is 2.00. The molecule has 0 radical (unpaired) electrons. The average Bonchev–Trinajstić information content (AvgIpc) is 2.55. The second-order valence-electron chi connectivity index (χ2n) is 3.27. The highest BCUT2D eigenvalue weighted by molar-refractivity contribution is 5.83. The summed E-state index contributed by atoms with van der Waals surface area (Å²) in [5, 5.41) is 0. The Labute approximate surface area is 87.3 Å². The first kappa shape index (κ1) is 9.70. The predicted molar refractivity (Wildman–Crippen MR) is 59.2 cm³/mol. The highest BCUT2D eigenvalue weighted by atomic mass is 15.2. The fraction of sp³-hybridized carbons (Fsp3) is 0.444. The molecule has 0 aliphatic heterocycles. The Balaban J connectivity index is 2.82. The van der Waals surface area contributed by atoms with E-state index in [9.17, 15) is 0 Å². The molecule has 80 valence electrons. The van der Waals surface area contributed by atoms with Gasteiger partial charge in [0.15, 0.2) is 17.0 Å². The van der Waals surface area contributed by atoms with Crippen LogP contribution in [0.3, 0.4) is 0 Å². The van der Waals surface area contributed by atoms with E-state index in [4.69, 9.17) is 11.5 Å². The minimum absolute atomic E-state index is 0.192. The number of fused-ring (bicyclic) bond motifs is 1. The Hall–Kier alpha value is -1.85. The Bertz CT molecular complexity index is 501. The van der Waals surface area contributed by atoms with Gasteiger partial charge in [0.1, 0.15) is 5.82 Å². The van der Waals surface area contributed by atoms with Gasteiger partial charge in [-0.2, -0.15) is 9.97 Å². The Morgan fingerprint density at radius 3 is 2.47 bits per heavy atom. The molecular weight excluding hydrogens is 192 g/mol. The molecule has 0 aromatic carbocycles. The van der Waals surface area contributed by atoms with Crippen LogP contribution in [0.4, 0.5) is 11.8 Å². The smallest absolute Gasteiger partial charge is 0.224 e. The van der Waals surface area contributed by atoms with Gasteiger partial charge in [0.25, 0.3) is 0 Å². The molecule has 0 spiro atoms. The molecule has 0 bridgehead atoms. The number of anilines is 2. The molecule has 6 heteroatoms. The number of nitrogens with two attached hydrogens (primary N) is 2. The van der Waals surface area contributed by atoms with Crippen molar-refractivity contribution in [2.24, 2.45) is 0 Å². The summed E-state index contributed by atoms with van der Waals surface area (Å²) in [6.45, 7) is 4.88. The minimum atomic E-state index is 0.192. The summed E-state index contributed by atoms with van der Waals surface area (Å²) in [4.78, 5) is 12.5. The van der Waals surface area contributed by atoms with Gasteiger partial charge in [-0.15, -0.1) is 0 Å². The molecule has 0 atom stereocenters. The number of hydrogen-bond donors (Lipinski definition) is 2.